The van der Waals surface area contributed by atoms with E-state index in [-0.39, 0.29) is 23.5 Å². The van der Waals surface area contributed by atoms with E-state index in [9.17, 15) is 9.59 Å². The van der Waals surface area contributed by atoms with Crippen molar-refractivity contribution in [2.24, 2.45) is 11.3 Å². The first-order chi connectivity index (χ1) is 14.6. The predicted octanol–water partition coefficient (Wildman–Crippen LogP) is 5.28. The minimum Gasteiger partial charge on any atom is -0.338 e. The molecule has 6 nitrogen and oxygen atoms in total. The first-order valence-corrected chi connectivity index (χ1v) is 10.8. The molecule has 2 aromatic rings. The molecule has 1 aliphatic carbocycles. The van der Waals surface area contributed by atoms with Crippen molar-refractivity contribution in [1.82, 2.24) is 10.6 Å². The SMILES string of the molecule is Cc1cccc(NC(=O)NC[C@H]2C[C@H](NC(=O)Nc3cccc(C)c3C)C2(C)C)c1C. The van der Waals surface area contributed by atoms with Crippen LogP contribution in [0.25, 0.3) is 0 Å². The minimum absolute atomic E-state index is 0.0616. The Hall–Kier alpha value is -3.02. The maximum Gasteiger partial charge on any atom is 0.319 e. The van der Waals surface area contributed by atoms with Crippen LogP contribution in [0.1, 0.15) is 42.5 Å². The summed E-state index contributed by atoms with van der Waals surface area (Å²) in [5, 5.41) is 12.0. The quantitative estimate of drug-likeness (QED) is 0.529. The van der Waals surface area contributed by atoms with Gasteiger partial charge in [0.25, 0.3) is 0 Å². The van der Waals surface area contributed by atoms with Crippen molar-refractivity contribution in [2.45, 2.75) is 54.0 Å². The molecule has 0 aromatic heterocycles. The van der Waals surface area contributed by atoms with Crippen LogP contribution in [0.15, 0.2) is 36.4 Å². The van der Waals surface area contributed by atoms with E-state index in [4.69, 9.17) is 0 Å². The Kier molecular flexibility index (Phi) is 6.58. The Morgan fingerprint density at radius 1 is 0.871 bits per heavy atom. The number of carbonyl (C=O) groups excluding carboxylic acids is 2. The van der Waals surface area contributed by atoms with Crippen LogP contribution in [-0.4, -0.2) is 24.6 Å². The van der Waals surface area contributed by atoms with E-state index in [0.29, 0.717) is 12.5 Å². The van der Waals surface area contributed by atoms with Crippen molar-refractivity contribution < 1.29 is 9.59 Å². The number of nitrogens with one attached hydrogen (secondary N) is 4. The molecule has 1 fully saturated rings. The summed E-state index contributed by atoms with van der Waals surface area (Å²) in [5.74, 6) is 0.294. The average molecular weight is 423 g/mol. The van der Waals surface area contributed by atoms with Crippen molar-refractivity contribution in [3.8, 4) is 0 Å². The van der Waals surface area contributed by atoms with E-state index in [1.807, 2.05) is 64.1 Å². The second-order valence-corrected chi connectivity index (χ2v) is 9.24. The molecule has 0 heterocycles. The van der Waals surface area contributed by atoms with Gasteiger partial charge in [-0.3, -0.25) is 0 Å². The third-order valence-electron chi connectivity index (χ3n) is 6.99. The van der Waals surface area contributed by atoms with Crippen molar-refractivity contribution in [3.05, 3.63) is 58.7 Å². The highest BCUT2D eigenvalue weighted by atomic mass is 16.2. The lowest BCUT2D eigenvalue weighted by Gasteiger charge is -2.52. The molecule has 4 N–H and O–H groups in total. The Balaban J connectivity index is 1.48. The molecule has 166 valence electrons. The first kappa shape index (κ1) is 22.7. The van der Waals surface area contributed by atoms with Gasteiger partial charge in [0.05, 0.1) is 0 Å². The van der Waals surface area contributed by atoms with Crippen molar-refractivity contribution in [2.75, 3.05) is 17.2 Å². The van der Waals surface area contributed by atoms with Gasteiger partial charge in [0, 0.05) is 24.0 Å². The third kappa shape index (κ3) is 5.01. The molecule has 2 atom stereocenters. The fourth-order valence-electron chi connectivity index (χ4n) is 4.08. The number of hydrogen-bond donors (Lipinski definition) is 4. The standard InChI is InChI=1S/C25H34N4O2/c1-15-9-7-11-20(17(15)3)27-23(30)26-14-19-13-22(25(19,5)6)29-24(31)28-21-12-8-10-16(2)18(21)4/h7-12,19,22H,13-14H2,1-6H3,(H2,26,27,30)(H2,28,29,31)/t19-,22+/m1/s1. The molecule has 0 spiro atoms. The highest BCUT2D eigenvalue weighted by molar-refractivity contribution is 5.91. The van der Waals surface area contributed by atoms with Crippen LogP contribution in [0.4, 0.5) is 21.0 Å². The van der Waals surface area contributed by atoms with Gasteiger partial charge in [0.1, 0.15) is 0 Å². The van der Waals surface area contributed by atoms with Gasteiger partial charge in [-0.05, 0) is 79.8 Å². The van der Waals surface area contributed by atoms with Gasteiger partial charge >= 0.3 is 12.1 Å². The van der Waals surface area contributed by atoms with Crippen LogP contribution < -0.4 is 21.3 Å². The van der Waals surface area contributed by atoms with Crippen LogP contribution in [0.5, 0.6) is 0 Å². The zero-order valence-electron chi connectivity index (χ0n) is 19.3. The Bertz CT molecular complexity index is 983. The molecule has 0 unspecified atom stereocenters. The van der Waals surface area contributed by atoms with Crippen LogP contribution in [0.3, 0.4) is 0 Å². The van der Waals surface area contributed by atoms with Gasteiger partial charge in [-0.15, -0.1) is 0 Å². The highest BCUT2D eigenvalue weighted by Gasteiger charge is 2.48. The molecule has 4 amide bonds. The summed E-state index contributed by atoms with van der Waals surface area (Å²) in [5.41, 5.74) is 5.98. The number of carbonyl (C=O) groups is 2. The van der Waals surface area contributed by atoms with Crippen LogP contribution in [0.2, 0.25) is 0 Å². The van der Waals surface area contributed by atoms with E-state index in [0.717, 1.165) is 40.0 Å². The van der Waals surface area contributed by atoms with Crippen molar-refractivity contribution in [1.29, 1.82) is 0 Å². The highest BCUT2D eigenvalue weighted by Crippen LogP contribution is 2.45. The van der Waals surface area contributed by atoms with Crippen LogP contribution in [0, 0.1) is 39.0 Å². The predicted molar refractivity (Wildman–Crippen MR) is 127 cm³/mol. The molecule has 2 aromatic carbocycles. The number of aryl methyl sites for hydroxylation is 2. The van der Waals surface area contributed by atoms with Crippen LogP contribution >= 0.6 is 0 Å². The Morgan fingerprint density at radius 3 is 1.90 bits per heavy atom. The summed E-state index contributed by atoms with van der Waals surface area (Å²) in [6.45, 7) is 12.9. The van der Waals surface area contributed by atoms with Crippen LogP contribution in [-0.2, 0) is 0 Å². The molecule has 0 aliphatic heterocycles. The summed E-state index contributed by atoms with van der Waals surface area (Å²) >= 11 is 0. The number of amides is 4. The monoisotopic (exact) mass is 422 g/mol. The zero-order valence-corrected chi connectivity index (χ0v) is 19.3. The fourth-order valence-corrected chi connectivity index (χ4v) is 4.08. The molecule has 3 rings (SSSR count). The molecule has 6 heteroatoms. The topological polar surface area (TPSA) is 82.3 Å². The Labute approximate surface area is 185 Å². The van der Waals surface area contributed by atoms with E-state index in [2.05, 4.69) is 35.1 Å². The lowest BCUT2D eigenvalue weighted by molar-refractivity contribution is 0.0244. The van der Waals surface area contributed by atoms with Gasteiger partial charge in [-0.2, -0.15) is 0 Å². The largest absolute Gasteiger partial charge is 0.338 e. The molecular formula is C25H34N4O2. The number of rotatable bonds is 5. The van der Waals surface area contributed by atoms with E-state index in [1.54, 1.807) is 0 Å². The lowest BCUT2D eigenvalue weighted by Crippen LogP contribution is -2.61. The molecule has 31 heavy (non-hydrogen) atoms. The van der Waals surface area contributed by atoms with E-state index >= 15 is 0 Å². The van der Waals surface area contributed by atoms with Gasteiger partial charge in [0.2, 0.25) is 0 Å². The molecule has 0 saturated heterocycles. The fraction of sp³-hybridized carbons (Fsp3) is 0.440. The van der Waals surface area contributed by atoms with Crippen molar-refractivity contribution >= 4 is 23.4 Å². The van der Waals surface area contributed by atoms with Crippen molar-refractivity contribution in [3.63, 3.8) is 0 Å². The van der Waals surface area contributed by atoms with E-state index in [1.165, 1.54) is 0 Å². The van der Waals surface area contributed by atoms with E-state index < -0.39 is 0 Å². The molecule has 1 saturated carbocycles. The molecule has 0 bridgehead atoms. The summed E-state index contributed by atoms with van der Waals surface area (Å²) in [4.78, 5) is 24.9. The number of benzene rings is 2. The summed E-state index contributed by atoms with van der Waals surface area (Å²) in [6, 6.07) is 11.4. The summed E-state index contributed by atoms with van der Waals surface area (Å²) in [6.07, 6.45) is 0.830. The molecule has 1 aliphatic rings. The number of urea groups is 2. The molecular weight excluding hydrogens is 388 g/mol. The molecule has 0 radical (unpaired) electrons. The maximum absolute atomic E-state index is 12.5. The second kappa shape index (κ2) is 9.00. The normalized spacial score (nSPS) is 19.2. The zero-order chi connectivity index (χ0) is 22.8. The summed E-state index contributed by atoms with van der Waals surface area (Å²) < 4.78 is 0. The first-order valence-electron chi connectivity index (χ1n) is 10.8. The van der Waals surface area contributed by atoms with Gasteiger partial charge in [-0.25, -0.2) is 9.59 Å². The second-order valence-electron chi connectivity index (χ2n) is 9.24. The minimum atomic E-state index is -0.200. The maximum atomic E-state index is 12.5. The van der Waals surface area contributed by atoms with Gasteiger partial charge < -0.3 is 21.3 Å². The average Bonchev–Trinajstić information content (AvgIpc) is 2.71. The van der Waals surface area contributed by atoms with Gasteiger partial charge in [-0.1, -0.05) is 38.1 Å². The smallest absolute Gasteiger partial charge is 0.319 e. The summed E-state index contributed by atoms with van der Waals surface area (Å²) in [7, 11) is 0. The Morgan fingerprint density at radius 2 is 1.39 bits per heavy atom. The third-order valence-corrected chi connectivity index (χ3v) is 6.99. The number of anilines is 2. The van der Waals surface area contributed by atoms with Gasteiger partial charge in [0.15, 0.2) is 0 Å². The lowest BCUT2D eigenvalue weighted by atomic mass is 9.58. The number of hydrogen-bond acceptors (Lipinski definition) is 2.